The Kier molecular flexibility index (Phi) is 6.15. The highest BCUT2D eigenvalue weighted by molar-refractivity contribution is 7.91. The number of sulfonamides is 1. The number of rotatable bonds is 7. The lowest BCUT2D eigenvalue weighted by atomic mass is 9.80. The molecule has 1 aromatic rings. The van der Waals surface area contributed by atoms with E-state index in [9.17, 15) is 13.2 Å². The van der Waals surface area contributed by atoms with Gasteiger partial charge in [0.15, 0.2) is 0 Å². The van der Waals surface area contributed by atoms with E-state index < -0.39 is 16.0 Å². The molecule has 0 aromatic carbocycles. The third-order valence-corrected chi connectivity index (χ3v) is 6.85. The van der Waals surface area contributed by atoms with E-state index in [4.69, 9.17) is 4.74 Å². The van der Waals surface area contributed by atoms with Crippen molar-refractivity contribution in [2.24, 2.45) is 5.41 Å². The van der Waals surface area contributed by atoms with Gasteiger partial charge in [0.05, 0.1) is 19.3 Å². The minimum absolute atomic E-state index is 0.111. The maximum absolute atomic E-state index is 12.4. The van der Waals surface area contributed by atoms with Gasteiger partial charge in [0.25, 0.3) is 0 Å². The number of methoxy groups -OCH3 is 2. The van der Waals surface area contributed by atoms with Gasteiger partial charge in [-0.15, -0.1) is 11.3 Å². The third kappa shape index (κ3) is 4.51. The molecule has 1 aromatic heterocycles. The molecule has 1 aliphatic rings. The van der Waals surface area contributed by atoms with Crippen molar-refractivity contribution in [3.8, 4) is 0 Å². The molecular formula is C14H22N2O5S2. The first-order chi connectivity index (χ1) is 10.9. The van der Waals surface area contributed by atoms with Crippen molar-refractivity contribution in [2.75, 3.05) is 40.5 Å². The Bertz CT molecular complexity index is 630. The molecule has 130 valence electrons. The molecule has 0 unspecified atom stereocenters. The van der Waals surface area contributed by atoms with E-state index in [1.54, 1.807) is 7.11 Å². The van der Waals surface area contributed by atoms with Crippen molar-refractivity contribution < 1.29 is 22.7 Å². The number of carbonyl (C=O) groups excluding carboxylic acids is 1. The Hall–Kier alpha value is -1.00. The number of hydrogen-bond acceptors (Lipinski definition) is 7. The molecule has 2 heterocycles. The number of piperidine rings is 1. The number of thiophene rings is 1. The Labute approximate surface area is 140 Å². The van der Waals surface area contributed by atoms with Gasteiger partial charge in [-0.05, 0) is 32.0 Å². The molecular weight excluding hydrogens is 340 g/mol. The van der Waals surface area contributed by atoms with Gasteiger partial charge in [-0.1, -0.05) is 0 Å². The zero-order valence-electron chi connectivity index (χ0n) is 13.3. The Morgan fingerprint density at radius 3 is 2.70 bits per heavy atom. The molecule has 0 bridgehead atoms. The number of ether oxygens (including phenoxy) is 2. The molecule has 0 saturated carbocycles. The fourth-order valence-electron chi connectivity index (χ4n) is 2.64. The van der Waals surface area contributed by atoms with Crippen LogP contribution in [0.4, 0.5) is 0 Å². The lowest BCUT2D eigenvalue weighted by molar-refractivity contribution is 0.0577. The summed E-state index contributed by atoms with van der Waals surface area (Å²) in [6.07, 6.45) is 1.70. The topological polar surface area (TPSA) is 93.7 Å². The van der Waals surface area contributed by atoms with Crippen LogP contribution in [0.3, 0.4) is 0 Å². The van der Waals surface area contributed by atoms with Gasteiger partial charge in [0, 0.05) is 24.4 Å². The largest absolute Gasteiger partial charge is 0.465 e. The van der Waals surface area contributed by atoms with Gasteiger partial charge in [-0.25, -0.2) is 17.9 Å². The van der Waals surface area contributed by atoms with E-state index in [1.165, 1.54) is 18.6 Å². The predicted molar refractivity (Wildman–Crippen MR) is 87.3 cm³/mol. The zero-order valence-corrected chi connectivity index (χ0v) is 14.9. The predicted octanol–water partition coefficient (Wildman–Crippen LogP) is 0.829. The van der Waals surface area contributed by atoms with Gasteiger partial charge in [-0.2, -0.15) is 0 Å². The van der Waals surface area contributed by atoms with Gasteiger partial charge >= 0.3 is 5.97 Å². The number of carbonyl (C=O) groups is 1. The van der Waals surface area contributed by atoms with Crippen LogP contribution in [0.25, 0.3) is 0 Å². The van der Waals surface area contributed by atoms with Crippen molar-refractivity contribution in [1.29, 1.82) is 0 Å². The van der Waals surface area contributed by atoms with Crippen LogP contribution < -0.4 is 10.0 Å². The fourth-order valence-corrected chi connectivity index (χ4v) is 4.99. The summed E-state index contributed by atoms with van der Waals surface area (Å²) in [6, 6.07) is 1.34. The molecule has 23 heavy (non-hydrogen) atoms. The molecule has 0 amide bonds. The van der Waals surface area contributed by atoms with Crippen LogP contribution in [-0.2, 0) is 19.5 Å². The average Bonchev–Trinajstić information content (AvgIpc) is 3.05. The second-order valence-corrected chi connectivity index (χ2v) is 8.56. The van der Waals surface area contributed by atoms with Crippen molar-refractivity contribution in [3.63, 3.8) is 0 Å². The van der Waals surface area contributed by atoms with E-state index in [0.29, 0.717) is 13.2 Å². The first-order valence-electron chi connectivity index (χ1n) is 7.29. The van der Waals surface area contributed by atoms with Gasteiger partial charge in [0.2, 0.25) is 10.0 Å². The molecule has 1 saturated heterocycles. The number of hydrogen-bond donors (Lipinski definition) is 2. The smallest absolute Gasteiger partial charge is 0.338 e. The first kappa shape index (κ1) is 18.3. The van der Waals surface area contributed by atoms with Crippen molar-refractivity contribution in [3.05, 3.63) is 17.0 Å². The zero-order chi connectivity index (χ0) is 16.9. The highest BCUT2D eigenvalue weighted by Crippen LogP contribution is 2.29. The molecule has 0 aliphatic carbocycles. The normalized spacial score (nSPS) is 17.8. The Morgan fingerprint density at radius 1 is 1.39 bits per heavy atom. The van der Waals surface area contributed by atoms with Gasteiger partial charge in [-0.3, -0.25) is 0 Å². The van der Waals surface area contributed by atoms with Gasteiger partial charge in [0.1, 0.15) is 4.21 Å². The number of esters is 1. The van der Waals surface area contributed by atoms with Crippen molar-refractivity contribution in [1.82, 2.24) is 10.0 Å². The van der Waals surface area contributed by atoms with Crippen LogP contribution in [0.2, 0.25) is 0 Å². The van der Waals surface area contributed by atoms with E-state index >= 15 is 0 Å². The van der Waals surface area contributed by atoms with Gasteiger partial charge < -0.3 is 14.8 Å². The SMILES string of the molecule is COCC1(CNS(=O)(=O)c2cc(C(=O)OC)cs2)CCNCC1. The lowest BCUT2D eigenvalue weighted by Gasteiger charge is -2.37. The maximum atomic E-state index is 12.4. The molecule has 1 aliphatic heterocycles. The number of nitrogens with one attached hydrogen (secondary N) is 2. The van der Waals surface area contributed by atoms with Crippen LogP contribution in [0.1, 0.15) is 23.2 Å². The molecule has 0 atom stereocenters. The van der Waals surface area contributed by atoms with Crippen LogP contribution in [-0.4, -0.2) is 54.8 Å². The summed E-state index contributed by atoms with van der Waals surface area (Å²) >= 11 is 1.00. The third-order valence-electron chi connectivity index (χ3n) is 4.01. The fraction of sp³-hybridized carbons (Fsp3) is 0.643. The lowest BCUT2D eigenvalue weighted by Crippen LogP contribution is -2.47. The minimum atomic E-state index is -3.65. The highest BCUT2D eigenvalue weighted by Gasteiger charge is 2.34. The second kappa shape index (κ2) is 7.71. The molecule has 0 spiro atoms. The van der Waals surface area contributed by atoms with E-state index in [-0.39, 0.29) is 15.2 Å². The van der Waals surface area contributed by atoms with Crippen molar-refractivity contribution in [2.45, 2.75) is 17.1 Å². The summed E-state index contributed by atoms with van der Waals surface area (Å²) in [7, 11) is -0.765. The van der Waals surface area contributed by atoms with E-state index in [1.807, 2.05) is 0 Å². The minimum Gasteiger partial charge on any atom is -0.465 e. The Balaban J connectivity index is 2.08. The first-order valence-corrected chi connectivity index (χ1v) is 9.65. The quantitative estimate of drug-likeness (QED) is 0.698. The molecule has 2 rings (SSSR count). The van der Waals surface area contributed by atoms with E-state index in [0.717, 1.165) is 37.3 Å². The standard InChI is InChI=1S/C14H22N2O5S2/c1-20-10-14(3-5-15-6-4-14)9-16-23(18,19)12-7-11(8-22-12)13(17)21-2/h7-8,15-16H,3-6,9-10H2,1-2H3. The molecule has 2 N–H and O–H groups in total. The monoisotopic (exact) mass is 362 g/mol. The summed E-state index contributed by atoms with van der Waals surface area (Å²) in [5.41, 5.74) is 0.0431. The second-order valence-electron chi connectivity index (χ2n) is 5.65. The molecule has 7 nitrogen and oxygen atoms in total. The highest BCUT2D eigenvalue weighted by atomic mass is 32.2. The summed E-state index contributed by atoms with van der Waals surface area (Å²) in [6.45, 7) is 2.51. The molecule has 1 fully saturated rings. The van der Waals surface area contributed by atoms with Crippen LogP contribution >= 0.6 is 11.3 Å². The van der Waals surface area contributed by atoms with Crippen LogP contribution in [0.5, 0.6) is 0 Å². The molecule has 9 heteroatoms. The van der Waals surface area contributed by atoms with Crippen LogP contribution in [0, 0.1) is 5.41 Å². The Morgan fingerprint density at radius 2 is 2.09 bits per heavy atom. The van der Waals surface area contributed by atoms with E-state index in [2.05, 4.69) is 14.8 Å². The van der Waals surface area contributed by atoms with Crippen LogP contribution in [0.15, 0.2) is 15.7 Å². The summed E-state index contributed by atoms with van der Waals surface area (Å²) in [4.78, 5) is 11.4. The average molecular weight is 362 g/mol. The summed E-state index contributed by atoms with van der Waals surface area (Å²) in [5.74, 6) is -0.545. The van der Waals surface area contributed by atoms with Crippen molar-refractivity contribution >= 4 is 27.3 Å². The summed E-state index contributed by atoms with van der Waals surface area (Å²) in [5, 5.41) is 4.75. The molecule has 0 radical (unpaired) electrons. The maximum Gasteiger partial charge on any atom is 0.338 e. The summed E-state index contributed by atoms with van der Waals surface area (Å²) < 4.78 is 37.5.